The standard InChI is InChI=1S/C25H25FN4O3/c1-17-13-29(16-28-17)21-10-4-18(12-22(21)32-3)5-11-23(27)30-24(31)14-33-15-25(30,2)19-6-8-20(26)9-7-19/h4-13,16,27H,14-15H2,1-3H3/b11-5+,27-23?. The van der Waals surface area contributed by atoms with Crippen LogP contribution in [0, 0.1) is 18.2 Å². The van der Waals surface area contributed by atoms with Crippen LogP contribution in [0.25, 0.3) is 11.8 Å². The minimum Gasteiger partial charge on any atom is -0.495 e. The number of benzene rings is 2. The number of nitrogens with one attached hydrogen (secondary N) is 1. The zero-order chi connectivity index (χ0) is 23.6. The van der Waals surface area contributed by atoms with E-state index in [0.29, 0.717) is 11.3 Å². The smallest absolute Gasteiger partial charge is 0.254 e. The average molecular weight is 448 g/mol. The molecule has 1 N–H and O–H groups in total. The van der Waals surface area contributed by atoms with Crippen molar-refractivity contribution in [1.29, 1.82) is 5.41 Å². The lowest BCUT2D eigenvalue weighted by Gasteiger charge is -2.44. The molecule has 3 aromatic rings. The van der Waals surface area contributed by atoms with Crippen LogP contribution in [0.5, 0.6) is 5.75 Å². The van der Waals surface area contributed by atoms with E-state index in [0.717, 1.165) is 16.9 Å². The van der Waals surface area contributed by atoms with Crippen molar-refractivity contribution < 1.29 is 18.7 Å². The fourth-order valence-corrected chi connectivity index (χ4v) is 3.98. The molecule has 1 aliphatic heterocycles. The average Bonchev–Trinajstić information content (AvgIpc) is 3.23. The predicted octanol–water partition coefficient (Wildman–Crippen LogP) is 4.09. The van der Waals surface area contributed by atoms with E-state index in [1.807, 2.05) is 42.8 Å². The topological polar surface area (TPSA) is 80.4 Å². The molecule has 2 aromatic carbocycles. The Labute approximate surface area is 191 Å². The van der Waals surface area contributed by atoms with Crippen LogP contribution in [0.15, 0.2) is 61.1 Å². The third-order valence-electron chi connectivity index (χ3n) is 5.69. The van der Waals surface area contributed by atoms with E-state index < -0.39 is 5.54 Å². The second-order valence-electron chi connectivity index (χ2n) is 8.07. The van der Waals surface area contributed by atoms with E-state index >= 15 is 0 Å². The van der Waals surface area contributed by atoms with E-state index in [1.54, 1.807) is 37.7 Å². The number of hydrogen-bond donors (Lipinski definition) is 1. The highest BCUT2D eigenvalue weighted by molar-refractivity contribution is 6.06. The summed E-state index contributed by atoms with van der Waals surface area (Å²) in [5, 5.41) is 8.63. The highest BCUT2D eigenvalue weighted by Crippen LogP contribution is 2.33. The summed E-state index contributed by atoms with van der Waals surface area (Å²) < 4.78 is 26.3. The van der Waals surface area contributed by atoms with Gasteiger partial charge in [0.15, 0.2) is 0 Å². The van der Waals surface area contributed by atoms with Crippen LogP contribution >= 0.6 is 0 Å². The van der Waals surface area contributed by atoms with E-state index in [4.69, 9.17) is 14.9 Å². The SMILES string of the molecule is COc1cc(/C=C/C(=N)N2C(=O)COCC2(C)c2ccc(F)cc2)ccc1-n1cnc(C)c1. The molecule has 1 unspecified atom stereocenters. The predicted molar refractivity (Wildman–Crippen MR) is 123 cm³/mol. The van der Waals surface area contributed by atoms with Gasteiger partial charge in [0.2, 0.25) is 0 Å². The third-order valence-corrected chi connectivity index (χ3v) is 5.69. The van der Waals surface area contributed by atoms with Gasteiger partial charge in [-0.3, -0.25) is 15.1 Å². The zero-order valence-electron chi connectivity index (χ0n) is 18.7. The minimum atomic E-state index is -0.925. The number of morpholine rings is 1. The Morgan fingerprint density at radius 2 is 2.03 bits per heavy atom. The molecule has 1 atom stereocenters. The van der Waals surface area contributed by atoms with Crippen LogP contribution in [0.2, 0.25) is 0 Å². The number of carbonyl (C=O) groups is 1. The van der Waals surface area contributed by atoms with Gasteiger partial charge in [0.25, 0.3) is 5.91 Å². The van der Waals surface area contributed by atoms with Crippen molar-refractivity contribution in [3.8, 4) is 11.4 Å². The Bertz CT molecular complexity index is 1220. The summed E-state index contributed by atoms with van der Waals surface area (Å²) in [5.41, 5.74) is 2.32. The lowest BCUT2D eigenvalue weighted by molar-refractivity contribution is -0.148. The minimum absolute atomic E-state index is 0.0170. The van der Waals surface area contributed by atoms with Crippen molar-refractivity contribution in [3.05, 3.63) is 83.7 Å². The van der Waals surface area contributed by atoms with Crippen molar-refractivity contribution >= 4 is 17.8 Å². The molecule has 4 rings (SSSR count). The number of halogens is 1. The molecule has 1 fully saturated rings. The van der Waals surface area contributed by atoms with Gasteiger partial charge in [-0.05, 0) is 55.3 Å². The van der Waals surface area contributed by atoms with Gasteiger partial charge in [-0.2, -0.15) is 0 Å². The van der Waals surface area contributed by atoms with Crippen molar-refractivity contribution in [2.45, 2.75) is 19.4 Å². The van der Waals surface area contributed by atoms with Crippen molar-refractivity contribution in [2.75, 3.05) is 20.3 Å². The van der Waals surface area contributed by atoms with Gasteiger partial charge in [0.1, 0.15) is 24.0 Å². The quantitative estimate of drug-likeness (QED) is 0.471. The summed E-state index contributed by atoms with van der Waals surface area (Å²) in [6.07, 6.45) is 6.95. The lowest BCUT2D eigenvalue weighted by Crippen LogP contribution is -2.57. The van der Waals surface area contributed by atoms with Gasteiger partial charge in [0, 0.05) is 6.20 Å². The zero-order valence-corrected chi connectivity index (χ0v) is 18.7. The normalized spacial score (nSPS) is 18.7. The van der Waals surface area contributed by atoms with Crippen LogP contribution < -0.4 is 4.74 Å². The van der Waals surface area contributed by atoms with E-state index in [1.165, 1.54) is 17.0 Å². The molecule has 0 bridgehead atoms. The van der Waals surface area contributed by atoms with Gasteiger partial charge < -0.3 is 14.0 Å². The molecule has 8 heteroatoms. The van der Waals surface area contributed by atoms with Crippen LogP contribution in [0.4, 0.5) is 4.39 Å². The highest BCUT2D eigenvalue weighted by Gasteiger charge is 2.42. The van der Waals surface area contributed by atoms with E-state index in [9.17, 15) is 9.18 Å². The molecule has 0 saturated carbocycles. The molecule has 1 saturated heterocycles. The number of aromatic nitrogens is 2. The molecule has 0 aliphatic carbocycles. The number of aryl methyl sites for hydroxylation is 1. The maximum Gasteiger partial charge on any atom is 0.254 e. The number of hydrogen-bond acceptors (Lipinski definition) is 5. The fraction of sp³-hybridized carbons (Fsp3) is 0.240. The van der Waals surface area contributed by atoms with Crippen LogP contribution in [-0.4, -0.2) is 46.5 Å². The number of carbonyl (C=O) groups excluding carboxylic acids is 1. The largest absolute Gasteiger partial charge is 0.495 e. The number of methoxy groups -OCH3 is 1. The van der Waals surface area contributed by atoms with Crippen LogP contribution in [0.3, 0.4) is 0 Å². The number of amidine groups is 1. The van der Waals surface area contributed by atoms with Crippen LogP contribution in [0.1, 0.15) is 23.7 Å². The van der Waals surface area contributed by atoms with Gasteiger partial charge in [-0.15, -0.1) is 0 Å². The first-order chi connectivity index (χ1) is 15.8. The molecular formula is C25H25FN4O3. The molecule has 0 spiro atoms. The summed E-state index contributed by atoms with van der Waals surface area (Å²) in [7, 11) is 1.60. The summed E-state index contributed by atoms with van der Waals surface area (Å²) in [5.74, 6) is -0.0237. The fourth-order valence-electron chi connectivity index (χ4n) is 3.98. The van der Waals surface area contributed by atoms with E-state index in [-0.39, 0.29) is 30.8 Å². The Hall–Kier alpha value is -3.78. The number of amides is 1. The molecule has 170 valence electrons. The monoisotopic (exact) mass is 448 g/mol. The highest BCUT2D eigenvalue weighted by atomic mass is 19.1. The molecule has 1 aliphatic rings. The maximum absolute atomic E-state index is 13.4. The molecule has 1 amide bonds. The summed E-state index contributed by atoms with van der Waals surface area (Å²) in [4.78, 5) is 18.4. The Morgan fingerprint density at radius 1 is 1.27 bits per heavy atom. The van der Waals surface area contributed by atoms with Crippen molar-refractivity contribution in [3.63, 3.8) is 0 Å². The van der Waals surface area contributed by atoms with Crippen molar-refractivity contribution in [2.24, 2.45) is 0 Å². The molecular weight excluding hydrogens is 423 g/mol. The summed E-state index contributed by atoms with van der Waals surface area (Å²) in [6, 6.07) is 11.6. The first kappa shape index (κ1) is 22.4. The molecule has 1 aromatic heterocycles. The molecule has 7 nitrogen and oxygen atoms in total. The third kappa shape index (κ3) is 4.42. The van der Waals surface area contributed by atoms with E-state index in [2.05, 4.69) is 4.98 Å². The second kappa shape index (κ2) is 8.99. The van der Waals surface area contributed by atoms with Gasteiger partial charge in [-0.1, -0.05) is 24.3 Å². The summed E-state index contributed by atoms with van der Waals surface area (Å²) in [6.45, 7) is 3.82. The van der Waals surface area contributed by atoms with Gasteiger partial charge in [0.05, 0.1) is 37.0 Å². The molecule has 2 heterocycles. The first-order valence-electron chi connectivity index (χ1n) is 10.4. The van der Waals surface area contributed by atoms with Crippen LogP contribution in [-0.2, 0) is 15.1 Å². The lowest BCUT2D eigenvalue weighted by atomic mass is 9.89. The first-order valence-corrected chi connectivity index (χ1v) is 10.4. The van der Waals surface area contributed by atoms with Crippen molar-refractivity contribution in [1.82, 2.24) is 14.5 Å². The number of imidazole rings is 1. The molecule has 33 heavy (non-hydrogen) atoms. The Balaban J connectivity index is 1.61. The van der Waals surface area contributed by atoms with Gasteiger partial charge in [-0.25, -0.2) is 9.37 Å². The Kier molecular flexibility index (Phi) is 6.11. The number of ether oxygens (including phenoxy) is 2. The second-order valence-corrected chi connectivity index (χ2v) is 8.07. The summed E-state index contributed by atoms with van der Waals surface area (Å²) >= 11 is 0. The molecule has 0 radical (unpaired) electrons. The number of nitrogens with zero attached hydrogens (tertiary/aromatic N) is 3. The Morgan fingerprint density at radius 3 is 2.70 bits per heavy atom. The number of rotatable bonds is 5. The maximum atomic E-state index is 13.4. The van der Waals surface area contributed by atoms with Gasteiger partial charge >= 0.3 is 0 Å².